The molecular formula is C21H23Cl3N2O2S. The molecule has 0 aromatic heterocycles. The van der Waals surface area contributed by atoms with Crippen LogP contribution in [0.25, 0.3) is 0 Å². The first-order valence-electron chi connectivity index (χ1n) is 9.13. The monoisotopic (exact) mass is 472 g/mol. The van der Waals surface area contributed by atoms with Crippen LogP contribution < -0.4 is 5.32 Å². The molecular weight excluding hydrogens is 451 g/mol. The number of hydrogen-bond donors (Lipinski definition) is 1. The minimum atomic E-state index is -0.561. The summed E-state index contributed by atoms with van der Waals surface area (Å²) in [5.41, 5.74) is 1.78. The zero-order chi connectivity index (χ0) is 21.4. The van der Waals surface area contributed by atoms with Crippen molar-refractivity contribution in [3.8, 4) is 0 Å². The highest BCUT2D eigenvalue weighted by atomic mass is 35.5. The first-order chi connectivity index (χ1) is 13.9. The summed E-state index contributed by atoms with van der Waals surface area (Å²) in [6.45, 7) is 2.16. The van der Waals surface area contributed by atoms with E-state index in [2.05, 4.69) is 5.32 Å². The van der Waals surface area contributed by atoms with E-state index < -0.39 is 6.04 Å². The molecule has 0 unspecified atom stereocenters. The highest BCUT2D eigenvalue weighted by Crippen LogP contribution is 2.25. The molecule has 0 fully saturated rings. The SMILES string of the molecule is CC[C@@H](C(=O)NC)N(Cc1ccccc1Cl)C(=O)CSCc1ccc(Cl)c(Cl)c1. The maximum atomic E-state index is 13.0. The molecule has 1 N–H and O–H groups in total. The van der Waals surface area contributed by atoms with Crippen molar-refractivity contribution in [1.82, 2.24) is 10.2 Å². The lowest BCUT2D eigenvalue weighted by Crippen LogP contribution is -2.48. The molecule has 8 heteroatoms. The zero-order valence-corrected chi connectivity index (χ0v) is 19.3. The standard InChI is InChI=1S/C21H23Cl3N2O2S/c1-3-19(21(28)25-2)26(11-15-6-4-5-7-16(15)22)20(27)13-29-12-14-8-9-17(23)18(24)10-14/h4-10,19H,3,11-13H2,1-2H3,(H,25,28)/t19-/m0/s1. The number of carbonyl (C=O) groups is 2. The van der Waals surface area contributed by atoms with Crippen LogP contribution in [0.3, 0.4) is 0 Å². The number of nitrogens with one attached hydrogen (secondary N) is 1. The molecule has 2 rings (SSSR count). The van der Waals surface area contributed by atoms with Crippen molar-refractivity contribution in [2.75, 3.05) is 12.8 Å². The van der Waals surface area contributed by atoms with Crippen LogP contribution in [-0.2, 0) is 21.9 Å². The molecule has 1 atom stereocenters. The Labute approximate surface area is 190 Å². The number of likely N-dealkylation sites (N-methyl/N-ethyl adjacent to an activating group) is 1. The second-order valence-electron chi connectivity index (χ2n) is 6.39. The second kappa shape index (κ2) is 11.7. The number of halogens is 3. The van der Waals surface area contributed by atoms with Crippen molar-refractivity contribution in [2.24, 2.45) is 0 Å². The molecule has 156 valence electrons. The predicted molar refractivity (Wildman–Crippen MR) is 123 cm³/mol. The first kappa shape index (κ1) is 23.9. The van der Waals surface area contributed by atoms with Crippen molar-refractivity contribution in [1.29, 1.82) is 0 Å². The number of carbonyl (C=O) groups excluding carboxylic acids is 2. The summed E-state index contributed by atoms with van der Waals surface area (Å²) in [6, 6.07) is 12.2. The van der Waals surface area contributed by atoms with Crippen LogP contribution in [0, 0.1) is 0 Å². The number of hydrogen-bond acceptors (Lipinski definition) is 3. The molecule has 0 spiro atoms. The number of nitrogens with zero attached hydrogens (tertiary/aromatic N) is 1. The van der Waals surface area contributed by atoms with E-state index >= 15 is 0 Å². The third-order valence-electron chi connectivity index (χ3n) is 4.41. The van der Waals surface area contributed by atoms with Crippen LogP contribution in [0.15, 0.2) is 42.5 Å². The fourth-order valence-electron chi connectivity index (χ4n) is 2.86. The fourth-order valence-corrected chi connectivity index (χ4v) is 4.24. The third-order valence-corrected chi connectivity index (χ3v) is 6.51. The van der Waals surface area contributed by atoms with Gasteiger partial charge in [-0.05, 0) is 35.7 Å². The zero-order valence-electron chi connectivity index (χ0n) is 16.3. The van der Waals surface area contributed by atoms with Gasteiger partial charge in [-0.1, -0.05) is 66.0 Å². The lowest BCUT2D eigenvalue weighted by Gasteiger charge is -2.30. The maximum absolute atomic E-state index is 13.0. The Morgan fingerprint density at radius 2 is 1.79 bits per heavy atom. The molecule has 2 aromatic rings. The van der Waals surface area contributed by atoms with Gasteiger partial charge in [0.25, 0.3) is 0 Å². The van der Waals surface area contributed by atoms with Gasteiger partial charge in [0, 0.05) is 24.4 Å². The summed E-state index contributed by atoms with van der Waals surface area (Å²) in [7, 11) is 1.57. The molecule has 0 heterocycles. The molecule has 2 aromatic carbocycles. The van der Waals surface area contributed by atoms with E-state index in [1.165, 1.54) is 11.8 Å². The van der Waals surface area contributed by atoms with Gasteiger partial charge in [-0.25, -0.2) is 0 Å². The molecule has 0 bridgehead atoms. The average molecular weight is 474 g/mol. The van der Waals surface area contributed by atoms with Gasteiger partial charge in [0.1, 0.15) is 6.04 Å². The number of amides is 2. The summed E-state index contributed by atoms with van der Waals surface area (Å²) in [6.07, 6.45) is 0.507. The molecule has 4 nitrogen and oxygen atoms in total. The Bertz CT molecular complexity index is 864. The Morgan fingerprint density at radius 3 is 2.41 bits per heavy atom. The summed E-state index contributed by atoms with van der Waals surface area (Å²) < 4.78 is 0. The topological polar surface area (TPSA) is 49.4 Å². The van der Waals surface area contributed by atoms with Gasteiger partial charge < -0.3 is 10.2 Å². The maximum Gasteiger partial charge on any atom is 0.242 e. The van der Waals surface area contributed by atoms with Crippen LogP contribution >= 0.6 is 46.6 Å². The van der Waals surface area contributed by atoms with Crippen molar-refractivity contribution in [3.05, 3.63) is 68.7 Å². The van der Waals surface area contributed by atoms with Gasteiger partial charge in [0.2, 0.25) is 11.8 Å². The fraction of sp³-hybridized carbons (Fsp3) is 0.333. The second-order valence-corrected chi connectivity index (χ2v) is 8.60. The average Bonchev–Trinajstić information content (AvgIpc) is 2.71. The van der Waals surface area contributed by atoms with Crippen molar-refractivity contribution < 1.29 is 9.59 Å². The van der Waals surface area contributed by atoms with E-state index in [1.54, 1.807) is 30.1 Å². The Kier molecular flexibility index (Phi) is 9.63. The van der Waals surface area contributed by atoms with E-state index in [0.29, 0.717) is 27.2 Å². The van der Waals surface area contributed by atoms with Crippen molar-refractivity contribution >= 4 is 58.4 Å². The number of rotatable bonds is 9. The lowest BCUT2D eigenvalue weighted by atomic mass is 10.1. The van der Waals surface area contributed by atoms with E-state index in [4.69, 9.17) is 34.8 Å². The van der Waals surface area contributed by atoms with Crippen LogP contribution in [0.5, 0.6) is 0 Å². The van der Waals surface area contributed by atoms with Crippen LogP contribution in [0.2, 0.25) is 15.1 Å². The Morgan fingerprint density at radius 1 is 1.07 bits per heavy atom. The molecule has 0 saturated heterocycles. The van der Waals surface area contributed by atoms with Gasteiger partial charge in [-0.15, -0.1) is 11.8 Å². The Hall–Kier alpha value is -1.40. The highest BCUT2D eigenvalue weighted by Gasteiger charge is 2.28. The molecule has 0 radical (unpaired) electrons. The summed E-state index contributed by atoms with van der Waals surface area (Å²) in [5, 5.41) is 4.20. The van der Waals surface area contributed by atoms with E-state index in [1.807, 2.05) is 31.2 Å². The van der Waals surface area contributed by atoms with Crippen LogP contribution in [-0.4, -0.2) is 35.6 Å². The minimum Gasteiger partial charge on any atom is -0.357 e. The van der Waals surface area contributed by atoms with E-state index in [0.717, 1.165) is 11.1 Å². The lowest BCUT2D eigenvalue weighted by molar-refractivity contribution is -0.139. The summed E-state index contributed by atoms with van der Waals surface area (Å²) >= 11 is 19.7. The molecule has 0 aliphatic rings. The van der Waals surface area contributed by atoms with Gasteiger partial charge in [-0.3, -0.25) is 9.59 Å². The van der Waals surface area contributed by atoms with Gasteiger partial charge in [-0.2, -0.15) is 0 Å². The normalized spacial score (nSPS) is 11.8. The molecule has 0 aliphatic heterocycles. The molecule has 2 amide bonds. The molecule has 0 saturated carbocycles. The predicted octanol–water partition coefficient (Wildman–Crippen LogP) is 5.43. The highest BCUT2D eigenvalue weighted by molar-refractivity contribution is 7.99. The first-order valence-corrected chi connectivity index (χ1v) is 11.4. The van der Waals surface area contributed by atoms with Gasteiger partial charge >= 0.3 is 0 Å². The minimum absolute atomic E-state index is 0.120. The molecule has 29 heavy (non-hydrogen) atoms. The van der Waals surface area contributed by atoms with Crippen molar-refractivity contribution in [3.63, 3.8) is 0 Å². The summed E-state index contributed by atoms with van der Waals surface area (Å²) in [4.78, 5) is 27.0. The van der Waals surface area contributed by atoms with Crippen LogP contribution in [0.4, 0.5) is 0 Å². The van der Waals surface area contributed by atoms with Crippen molar-refractivity contribution in [2.45, 2.75) is 31.7 Å². The number of thioether (sulfide) groups is 1. The van der Waals surface area contributed by atoms with Gasteiger partial charge in [0.15, 0.2) is 0 Å². The van der Waals surface area contributed by atoms with E-state index in [-0.39, 0.29) is 24.1 Å². The molecule has 0 aliphatic carbocycles. The number of benzene rings is 2. The smallest absolute Gasteiger partial charge is 0.242 e. The Balaban J connectivity index is 2.11. The largest absolute Gasteiger partial charge is 0.357 e. The van der Waals surface area contributed by atoms with E-state index in [9.17, 15) is 9.59 Å². The quantitative estimate of drug-likeness (QED) is 0.528. The summed E-state index contributed by atoms with van der Waals surface area (Å²) in [5.74, 6) is 0.533. The van der Waals surface area contributed by atoms with Crippen LogP contribution in [0.1, 0.15) is 24.5 Å². The van der Waals surface area contributed by atoms with Gasteiger partial charge in [0.05, 0.1) is 15.8 Å². The third kappa shape index (κ3) is 6.82.